The number of hydrogen-bond acceptors (Lipinski definition) is 4. The molecule has 4 rings (SSSR count). The number of carbonyl (C=O) groups excluding carboxylic acids is 2. The van der Waals surface area contributed by atoms with Gasteiger partial charge in [-0.2, -0.15) is 0 Å². The molecule has 0 N–H and O–H groups in total. The van der Waals surface area contributed by atoms with Gasteiger partial charge >= 0.3 is 0 Å². The monoisotopic (exact) mass is 552 g/mol. The number of halogens is 3. The Morgan fingerprint density at radius 3 is 1.83 bits per heavy atom. The molecule has 0 aliphatic heterocycles. The van der Waals surface area contributed by atoms with Crippen LogP contribution in [0.1, 0.15) is 46.4 Å². The van der Waals surface area contributed by atoms with Crippen LogP contribution in [-0.4, -0.2) is 22.2 Å². The molecule has 2 aromatic carbocycles. The van der Waals surface area contributed by atoms with Gasteiger partial charge in [-0.05, 0) is 53.9 Å². The summed E-state index contributed by atoms with van der Waals surface area (Å²) in [6.45, 7) is 4.29. The van der Waals surface area contributed by atoms with Crippen molar-refractivity contribution in [3.63, 3.8) is 0 Å². The van der Waals surface area contributed by atoms with E-state index >= 15 is 0 Å². The molecular formula is C23H19Br2ClO4. The SMILES string of the molecule is CC(C)c1ccc2oc(C(=O)CBr)cc2c1.O=C(CBr)c1cc2cc(Cl)ccc2o1. The van der Waals surface area contributed by atoms with Gasteiger partial charge in [0.2, 0.25) is 11.6 Å². The lowest BCUT2D eigenvalue weighted by molar-refractivity contribution is 0.0988. The van der Waals surface area contributed by atoms with Gasteiger partial charge in [-0.25, -0.2) is 0 Å². The van der Waals surface area contributed by atoms with Crippen LogP contribution in [0.3, 0.4) is 0 Å². The van der Waals surface area contributed by atoms with E-state index < -0.39 is 0 Å². The number of furan rings is 2. The van der Waals surface area contributed by atoms with Crippen LogP contribution in [0.2, 0.25) is 5.02 Å². The summed E-state index contributed by atoms with van der Waals surface area (Å²) in [5.74, 6) is 1.17. The van der Waals surface area contributed by atoms with E-state index in [9.17, 15) is 9.59 Å². The molecule has 0 bridgehead atoms. The quantitative estimate of drug-likeness (QED) is 0.187. The Bertz CT molecular complexity index is 1210. The molecule has 2 heterocycles. The molecular weight excluding hydrogens is 536 g/mol. The van der Waals surface area contributed by atoms with Gasteiger partial charge in [0.1, 0.15) is 11.2 Å². The van der Waals surface area contributed by atoms with E-state index in [1.807, 2.05) is 18.2 Å². The highest BCUT2D eigenvalue weighted by atomic mass is 79.9. The van der Waals surface area contributed by atoms with E-state index in [2.05, 4.69) is 51.8 Å². The largest absolute Gasteiger partial charge is 0.453 e. The number of carbonyl (C=O) groups is 2. The van der Waals surface area contributed by atoms with Crippen LogP contribution in [0.5, 0.6) is 0 Å². The zero-order valence-electron chi connectivity index (χ0n) is 16.4. The van der Waals surface area contributed by atoms with E-state index in [0.29, 0.717) is 33.4 Å². The van der Waals surface area contributed by atoms with Crippen LogP contribution in [0, 0.1) is 0 Å². The first-order valence-corrected chi connectivity index (χ1v) is 11.9. The van der Waals surface area contributed by atoms with Crippen LogP contribution in [0.15, 0.2) is 57.4 Å². The highest BCUT2D eigenvalue weighted by Crippen LogP contribution is 2.25. The number of Topliss-reactive ketones (excluding diaryl/α,β-unsaturated/α-hetero) is 2. The Kier molecular flexibility index (Phi) is 7.55. The van der Waals surface area contributed by atoms with Crippen LogP contribution in [0.25, 0.3) is 21.9 Å². The van der Waals surface area contributed by atoms with E-state index in [1.54, 1.807) is 24.3 Å². The van der Waals surface area contributed by atoms with Gasteiger partial charge < -0.3 is 8.83 Å². The molecule has 4 aromatic rings. The van der Waals surface area contributed by atoms with E-state index in [0.717, 1.165) is 16.4 Å². The molecule has 156 valence electrons. The first-order chi connectivity index (χ1) is 14.3. The number of fused-ring (bicyclic) bond motifs is 2. The van der Waals surface area contributed by atoms with Crippen molar-refractivity contribution < 1.29 is 18.4 Å². The summed E-state index contributed by atoms with van der Waals surface area (Å²) in [5.41, 5.74) is 2.71. The highest BCUT2D eigenvalue weighted by Gasteiger charge is 2.12. The lowest BCUT2D eigenvalue weighted by atomic mass is 10.0. The van der Waals surface area contributed by atoms with Gasteiger partial charge in [-0.3, -0.25) is 9.59 Å². The van der Waals surface area contributed by atoms with Crippen LogP contribution >= 0.6 is 43.5 Å². The summed E-state index contributed by atoms with van der Waals surface area (Å²) >= 11 is 12.0. The topological polar surface area (TPSA) is 60.4 Å². The van der Waals surface area contributed by atoms with Crippen molar-refractivity contribution in [3.05, 3.63) is 70.6 Å². The first-order valence-electron chi connectivity index (χ1n) is 9.23. The second kappa shape index (κ2) is 9.94. The normalized spacial score (nSPS) is 11.0. The van der Waals surface area contributed by atoms with Crippen molar-refractivity contribution in [2.24, 2.45) is 0 Å². The van der Waals surface area contributed by atoms with Crippen LogP contribution < -0.4 is 0 Å². The molecule has 0 saturated heterocycles. The van der Waals surface area contributed by atoms with E-state index in [4.69, 9.17) is 20.4 Å². The van der Waals surface area contributed by atoms with Crippen molar-refractivity contribution in [1.82, 2.24) is 0 Å². The molecule has 0 aliphatic rings. The van der Waals surface area contributed by atoms with E-state index in [1.165, 1.54) is 5.56 Å². The number of hydrogen-bond donors (Lipinski definition) is 0. The fraction of sp³-hybridized carbons (Fsp3) is 0.217. The standard InChI is InChI=1S/C13H13BrO2.C10H6BrClO2/c1-8(2)9-3-4-12-10(5-9)6-13(16-12)11(15)7-14;11-5-8(13)10-4-6-3-7(12)1-2-9(6)14-10/h3-6,8H,7H2,1-2H3;1-4H,5H2. The molecule has 0 saturated carbocycles. The molecule has 0 aliphatic carbocycles. The molecule has 2 aromatic heterocycles. The first kappa shape index (κ1) is 22.8. The summed E-state index contributed by atoms with van der Waals surface area (Å²) in [5, 5.41) is 3.04. The summed E-state index contributed by atoms with van der Waals surface area (Å²) in [7, 11) is 0. The minimum absolute atomic E-state index is 0.0257. The Labute approximate surface area is 195 Å². The van der Waals surface area contributed by atoms with Gasteiger partial charge in [-0.15, -0.1) is 0 Å². The van der Waals surface area contributed by atoms with Gasteiger partial charge in [0, 0.05) is 15.8 Å². The van der Waals surface area contributed by atoms with Gasteiger partial charge in [-0.1, -0.05) is 63.4 Å². The van der Waals surface area contributed by atoms with Crippen molar-refractivity contribution in [3.8, 4) is 0 Å². The number of rotatable bonds is 5. The Hall–Kier alpha value is -1.89. The fourth-order valence-corrected chi connectivity index (χ4v) is 3.57. The third-order valence-electron chi connectivity index (χ3n) is 4.48. The molecule has 0 amide bonds. The second-order valence-corrected chi connectivity index (χ2v) is 8.53. The maximum atomic E-state index is 11.5. The van der Waals surface area contributed by atoms with Gasteiger partial charge in [0.25, 0.3) is 0 Å². The fourth-order valence-electron chi connectivity index (χ4n) is 2.84. The Morgan fingerprint density at radius 2 is 1.33 bits per heavy atom. The van der Waals surface area contributed by atoms with Crippen molar-refractivity contribution in [1.29, 1.82) is 0 Å². The minimum Gasteiger partial charge on any atom is -0.453 e. The van der Waals surface area contributed by atoms with Crippen LogP contribution in [0.4, 0.5) is 0 Å². The summed E-state index contributed by atoms with van der Waals surface area (Å²) in [4.78, 5) is 22.8. The Morgan fingerprint density at radius 1 is 0.833 bits per heavy atom. The molecule has 0 spiro atoms. The van der Waals surface area contributed by atoms with Gasteiger partial charge in [0.15, 0.2) is 11.5 Å². The third kappa shape index (κ3) is 5.23. The zero-order chi connectivity index (χ0) is 21.8. The molecule has 0 unspecified atom stereocenters. The lowest BCUT2D eigenvalue weighted by Gasteiger charge is -2.03. The lowest BCUT2D eigenvalue weighted by Crippen LogP contribution is -1.96. The van der Waals surface area contributed by atoms with Crippen molar-refractivity contribution in [2.75, 3.05) is 10.7 Å². The summed E-state index contributed by atoms with van der Waals surface area (Å²) in [6, 6.07) is 14.8. The molecule has 7 heteroatoms. The maximum Gasteiger partial charge on any atom is 0.208 e. The van der Waals surface area contributed by atoms with Gasteiger partial charge in [0.05, 0.1) is 10.7 Å². The average Bonchev–Trinajstić information content (AvgIpc) is 3.36. The predicted octanol–water partition coefficient (Wildman–Crippen LogP) is 7.80. The number of ketones is 2. The summed E-state index contributed by atoms with van der Waals surface area (Å²) in [6.07, 6.45) is 0. The van der Waals surface area contributed by atoms with E-state index in [-0.39, 0.29) is 16.9 Å². The smallest absolute Gasteiger partial charge is 0.208 e. The molecule has 0 fully saturated rings. The van der Waals surface area contributed by atoms with Crippen LogP contribution in [-0.2, 0) is 0 Å². The highest BCUT2D eigenvalue weighted by molar-refractivity contribution is 9.09. The van der Waals surface area contributed by atoms with Crippen molar-refractivity contribution in [2.45, 2.75) is 19.8 Å². The molecule has 0 radical (unpaired) electrons. The average molecular weight is 555 g/mol. The zero-order valence-corrected chi connectivity index (χ0v) is 20.3. The number of benzene rings is 2. The minimum atomic E-state index is -0.0719. The molecule has 30 heavy (non-hydrogen) atoms. The Balaban J connectivity index is 0.000000172. The number of alkyl halides is 2. The molecule has 4 nitrogen and oxygen atoms in total. The van der Waals surface area contributed by atoms with Crippen molar-refractivity contribution >= 4 is 77.0 Å². The molecule has 0 atom stereocenters. The maximum absolute atomic E-state index is 11.5. The predicted molar refractivity (Wildman–Crippen MR) is 128 cm³/mol. The third-order valence-corrected chi connectivity index (χ3v) is 5.73. The summed E-state index contributed by atoms with van der Waals surface area (Å²) < 4.78 is 10.8. The second-order valence-electron chi connectivity index (χ2n) is 6.97.